The van der Waals surface area contributed by atoms with E-state index in [-0.39, 0.29) is 17.3 Å². The lowest BCUT2D eigenvalue weighted by atomic mass is 10.3. The van der Waals surface area contributed by atoms with Gasteiger partial charge in [0, 0.05) is 26.2 Å². The number of hydrogen-bond acceptors (Lipinski definition) is 4. The Hall–Kier alpha value is -2.05. The number of aryl methyl sites for hydroxylation is 1. The lowest BCUT2D eigenvalue weighted by Gasteiger charge is -2.00. The van der Waals surface area contributed by atoms with Gasteiger partial charge in [0.1, 0.15) is 0 Å². The third kappa shape index (κ3) is 2.97. The van der Waals surface area contributed by atoms with E-state index in [1.54, 1.807) is 7.05 Å². The van der Waals surface area contributed by atoms with Crippen molar-refractivity contribution in [1.82, 2.24) is 15.1 Å². The number of carbonyl (C=O) groups is 2. The van der Waals surface area contributed by atoms with Crippen LogP contribution >= 0.6 is 0 Å². The molecule has 0 atom stereocenters. The molecule has 0 unspecified atom stereocenters. The Kier molecular flexibility index (Phi) is 3.87. The minimum Gasteiger partial charge on any atom is -0.476 e. The van der Waals surface area contributed by atoms with Crippen LogP contribution in [-0.4, -0.2) is 33.8 Å². The van der Waals surface area contributed by atoms with Crippen molar-refractivity contribution in [3.63, 3.8) is 0 Å². The van der Waals surface area contributed by atoms with Crippen molar-refractivity contribution in [2.45, 2.75) is 19.4 Å². The van der Waals surface area contributed by atoms with Crippen molar-refractivity contribution < 1.29 is 14.7 Å². The fraction of sp³-hybridized carbons (Fsp3) is 0.444. The smallest absolute Gasteiger partial charge is 0.358 e. The number of carbonyl (C=O) groups excluding carboxylic acids is 1. The average molecular weight is 226 g/mol. The highest BCUT2D eigenvalue weighted by molar-refractivity contribution is 5.91. The number of nitrogens with one attached hydrogen (secondary N) is 1. The Bertz CT molecular complexity index is 399. The number of nitrogen functional groups attached to an aromatic ring is 1. The van der Waals surface area contributed by atoms with Gasteiger partial charge < -0.3 is 16.2 Å². The van der Waals surface area contributed by atoms with E-state index in [2.05, 4.69) is 10.4 Å². The Balaban J connectivity index is 2.52. The highest BCUT2D eigenvalue weighted by Gasteiger charge is 2.12. The van der Waals surface area contributed by atoms with Gasteiger partial charge in [-0.25, -0.2) is 4.79 Å². The molecule has 0 fully saturated rings. The van der Waals surface area contributed by atoms with E-state index in [0.29, 0.717) is 19.4 Å². The van der Waals surface area contributed by atoms with Crippen molar-refractivity contribution in [3.05, 3.63) is 11.9 Å². The first-order valence-corrected chi connectivity index (χ1v) is 4.81. The SMILES string of the molecule is CNC(=O)CCCn1cc(N)c(C(=O)O)n1. The molecule has 7 heteroatoms. The van der Waals surface area contributed by atoms with E-state index in [4.69, 9.17) is 10.8 Å². The van der Waals surface area contributed by atoms with Crippen LogP contribution in [0.25, 0.3) is 0 Å². The zero-order valence-electron chi connectivity index (χ0n) is 8.93. The lowest BCUT2D eigenvalue weighted by Crippen LogP contribution is -2.17. The number of rotatable bonds is 5. The van der Waals surface area contributed by atoms with Crippen molar-refractivity contribution in [2.24, 2.45) is 0 Å². The monoisotopic (exact) mass is 226 g/mol. The molecule has 0 radical (unpaired) electrons. The largest absolute Gasteiger partial charge is 0.476 e. The van der Waals surface area contributed by atoms with Crippen molar-refractivity contribution in [1.29, 1.82) is 0 Å². The molecule has 1 rings (SSSR count). The average Bonchev–Trinajstić information content (AvgIpc) is 2.59. The molecule has 0 spiro atoms. The van der Waals surface area contributed by atoms with Crippen molar-refractivity contribution >= 4 is 17.6 Å². The van der Waals surface area contributed by atoms with E-state index in [1.807, 2.05) is 0 Å². The van der Waals surface area contributed by atoms with Gasteiger partial charge in [-0.05, 0) is 6.42 Å². The predicted molar refractivity (Wildman–Crippen MR) is 56.9 cm³/mol. The van der Waals surface area contributed by atoms with Gasteiger partial charge in [-0.1, -0.05) is 0 Å². The van der Waals surface area contributed by atoms with E-state index >= 15 is 0 Å². The minimum atomic E-state index is -1.15. The predicted octanol–water partition coefficient (Wildman–Crippen LogP) is -0.310. The third-order valence-electron chi connectivity index (χ3n) is 2.06. The fourth-order valence-electron chi connectivity index (χ4n) is 1.24. The highest BCUT2D eigenvalue weighted by atomic mass is 16.4. The summed E-state index contributed by atoms with van der Waals surface area (Å²) < 4.78 is 1.43. The molecule has 1 heterocycles. The summed E-state index contributed by atoms with van der Waals surface area (Å²) in [5.74, 6) is -1.21. The van der Waals surface area contributed by atoms with Crippen LogP contribution in [0.4, 0.5) is 5.69 Å². The Morgan fingerprint density at radius 1 is 1.62 bits per heavy atom. The maximum Gasteiger partial charge on any atom is 0.358 e. The van der Waals surface area contributed by atoms with Gasteiger partial charge in [0.05, 0.1) is 5.69 Å². The molecule has 16 heavy (non-hydrogen) atoms. The van der Waals surface area contributed by atoms with Crippen LogP contribution in [-0.2, 0) is 11.3 Å². The number of hydrogen-bond donors (Lipinski definition) is 3. The molecular formula is C9H14N4O3. The molecule has 0 aliphatic rings. The molecule has 0 aliphatic heterocycles. The minimum absolute atomic E-state index is 0.0569. The third-order valence-corrected chi connectivity index (χ3v) is 2.06. The molecular weight excluding hydrogens is 212 g/mol. The quantitative estimate of drug-likeness (QED) is 0.637. The number of carboxylic acid groups (broad SMARTS) is 1. The zero-order valence-corrected chi connectivity index (χ0v) is 8.93. The van der Waals surface area contributed by atoms with E-state index in [1.165, 1.54) is 10.9 Å². The number of nitrogens with zero attached hydrogens (tertiary/aromatic N) is 2. The molecule has 1 amide bonds. The second-order valence-corrected chi connectivity index (χ2v) is 3.28. The summed E-state index contributed by atoms with van der Waals surface area (Å²) in [5, 5.41) is 15.0. The molecule has 0 saturated carbocycles. The van der Waals surface area contributed by atoms with Crippen LogP contribution in [0.1, 0.15) is 23.3 Å². The van der Waals surface area contributed by atoms with Gasteiger partial charge in [-0.15, -0.1) is 0 Å². The summed E-state index contributed by atoms with van der Waals surface area (Å²) in [5.41, 5.74) is 5.44. The second kappa shape index (κ2) is 5.15. The van der Waals surface area contributed by atoms with Crippen LogP contribution in [0.15, 0.2) is 6.20 Å². The maximum absolute atomic E-state index is 10.9. The van der Waals surface area contributed by atoms with E-state index in [9.17, 15) is 9.59 Å². The van der Waals surface area contributed by atoms with Crippen molar-refractivity contribution in [3.8, 4) is 0 Å². The number of nitrogens with two attached hydrogens (primary N) is 1. The van der Waals surface area contributed by atoms with Crippen molar-refractivity contribution in [2.75, 3.05) is 12.8 Å². The number of aromatic nitrogens is 2. The normalized spacial score (nSPS) is 10.1. The molecule has 88 valence electrons. The Labute approximate surface area is 92.2 Å². The molecule has 1 aromatic heterocycles. The first-order valence-electron chi connectivity index (χ1n) is 4.81. The summed E-state index contributed by atoms with van der Waals surface area (Å²) >= 11 is 0. The summed E-state index contributed by atoms with van der Waals surface area (Å²) in [4.78, 5) is 21.6. The summed E-state index contributed by atoms with van der Waals surface area (Å²) in [7, 11) is 1.57. The molecule has 0 aliphatic carbocycles. The number of amides is 1. The molecule has 7 nitrogen and oxygen atoms in total. The molecule has 0 saturated heterocycles. The number of anilines is 1. The number of aromatic carboxylic acids is 1. The molecule has 0 bridgehead atoms. The van der Waals surface area contributed by atoms with E-state index in [0.717, 1.165) is 0 Å². The standard InChI is InChI=1S/C9H14N4O3/c1-11-7(14)3-2-4-13-5-6(10)8(12-13)9(15)16/h5H,2-4,10H2,1H3,(H,11,14)(H,15,16). The highest BCUT2D eigenvalue weighted by Crippen LogP contribution is 2.09. The van der Waals surface area contributed by atoms with Gasteiger partial charge in [0.25, 0.3) is 0 Å². The summed E-state index contributed by atoms with van der Waals surface area (Å²) in [6.07, 6.45) is 2.41. The molecule has 4 N–H and O–H groups in total. The maximum atomic E-state index is 10.9. The summed E-state index contributed by atoms with van der Waals surface area (Å²) in [6.45, 7) is 0.463. The summed E-state index contributed by atoms with van der Waals surface area (Å²) in [6, 6.07) is 0. The number of carboxylic acids is 1. The first kappa shape index (κ1) is 12.0. The van der Waals surface area contributed by atoms with Crippen LogP contribution in [0.3, 0.4) is 0 Å². The van der Waals surface area contributed by atoms with Gasteiger partial charge in [-0.3, -0.25) is 9.48 Å². The lowest BCUT2D eigenvalue weighted by molar-refractivity contribution is -0.120. The van der Waals surface area contributed by atoms with Gasteiger partial charge >= 0.3 is 5.97 Å². The van der Waals surface area contributed by atoms with Gasteiger partial charge in [0.2, 0.25) is 5.91 Å². The van der Waals surface area contributed by atoms with Gasteiger partial charge in [0.15, 0.2) is 5.69 Å². The topological polar surface area (TPSA) is 110 Å². The molecule has 1 aromatic rings. The zero-order chi connectivity index (χ0) is 12.1. The van der Waals surface area contributed by atoms with Crippen LogP contribution < -0.4 is 11.1 Å². The van der Waals surface area contributed by atoms with Gasteiger partial charge in [-0.2, -0.15) is 5.10 Å². The van der Waals surface area contributed by atoms with E-state index < -0.39 is 5.97 Å². The van der Waals surface area contributed by atoms with Crippen LogP contribution in [0, 0.1) is 0 Å². The second-order valence-electron chi connectivity index (χ2n) is 3.28. The molecule has 0 aromatic carbocycles. The fourth-order valence-corrected chi connectivity index (χ4v) is 1.24. The van der Waals surface area contributed by atoms with Crippen LogP contribution in [0.5, 0.6) is 0 Å². The first-order chi connectivity index (χ1) is 7.54. The Morgan fingerprint density at radius 2 is 2.31 bits per heavy atom. The Morgan fingerprint density at radius 3 is 2.81 bits per heavy atom. The van der Waals surface area contributed by atoms with Crippen LogP contribution in [0.2, 0.25) is 0 Å².